The van der Waals surface area contributed by atoms with Gasteiger partial charge in [0.2, 0.25) is 0 Å². The number of hydrogen-bond donors (Lipinski definition) is 3. The lowest BCUT2D eigenvalue weighted by Crippen LogP contribution is -2.34. The zero-order chi connectivity index (χ0) is 18.5. The minimum atomic E-state index is -0.254. The topological polar surface area (TPSA) is 67.2 Å². The molecule has 3 aromatic carbocycles. The van der Waals surface area contributed by atoms with E-state index < -0.39 is 0 Å². The quantitative estimate of drug-likeness (QED) is 0.479. The third-order valence-electron chi connectivity index (χ3n) is 3.98. The molecule has 0 aliphatic heterocycles. The highest BCUT2D eigenvalue weighted by molar-refractivity contribution is 7.80. The number of nitrogens with one attached hydrogen (secondary N) is 2. The molecule has 3 rings (SSSR count). The second kappa shape index (κ2) is 7.80. The van der Waals surface area contributed by atoms with Crippen molar-refractivity contribution in [1.82, 2.24) is 5.32 Å². The van der Waals surface area contributed by atoms with Crippen LogP contribution in [0.1, 0.15) is 15.9 Å². The summed E-state index contributed by atoms with van der Waals surface area (Å²) in [4.78, 5) is 12.4. The van der Waals surface area contributed by atoms with E-state index in [1.807, 2.05) is 61.5 Å². The van der Waals surface area contributed by atoms with Crippen molar-refractivity contribution in [2.75, 3.05) is 11.1 Å². The van der Waals surface area contributed by atoms with E-state index >= 15 is 0 Å². The van der Waals surface area contributed by atoms with E-state index in [-0.39, 0.29) is 11.0 Å². The maximum absolute atomic E-state index is 12.4. The predicted octanol–water partition coefficient (Wildman–Crippen LogP) is 4.37. The highest BCUT2D eigenvalue weighted by Crippen LogP contribution is 2.20. The van der Waals surface area contributed by atoms with Crippen LogP contribution in [0.5, 0.6) is 0 Å². The van der Waals surface area contributed by atoms with Crippen LogP contribution in [-0.4, -0.2) is 11.0 Å². The van der Waals surface area contributed by atoms with Crippen LogP contribution in [0.4, 0.5) is 11.4 Å². The smallest absolute Gasteiger partial charge is 0.257 e. The van der Waals surface area contributed by atoms with E-state index in [0.29, 0.717) is 11.3 Å². The van der Waals surface area contributed by atoms with Gasteiger partial charge >= 0.3 is 0 Å². The molecule has 0 radical (unpaired) electrons. The SMILES string of the molecule is Cc1cc(N)ccc1NC(=S)NC(=O)c1ccc(-c2ccccc2)cc1. The molecule has 0 saturated heterocycles. The molecule has 0 unspecified atom stereocenters. The predicted molar refractivity (Wildman–Crippen MR) is 111 cm³/mol. The van der Waals surface area contributed by atoms with Gasteiger partial charge in [-0.25, -0.2) is 0 Å². The highest BCUT2D eigenvalue weighted by Gasteiger charge is 2.09. The fourth-order valence-corrected chi connectivity index (χ4v) is 2.80. The van der Waals surface area contributed by atoms with Crippen LogP contribution in [0.15, 0.2) is 72.8 Å². The number of benzene rings is 3. The number of amides is 1. The number of anilines is 2. The first-order valence-electron chi connectivity index (χ1n) is 8.17. The van der Waals surface area contributed by atoms with Crippen molar-refractivity contribution in [3.05, 3.63) is 83.9 Å². The molecule has 0 atom stereocenters. The minimum absolute atomic E-state index is 0.245. The van der Waals surface area contributed by atoms with E-state index in [4.69, 9.17) is 18.0 Å². The van der Waals surface area contributed by atoms with E-state index in [2.05, 4.69) is 10.6 Å². The maximum Gasteiger partial charge on any atom is 0.257 e. The summed E-state index contributed by atoms with van der Waals surface area (Å²) in [5.41, 5.74) is 10.9. The minimum Gasteiger partial charge on any atom is -0.399 e. The number of nitrogens with two attached hydrogens (primary N) is 1. The van der Waals surface area contributed by atoms with Crippen molar-refractivity contribution >= 4 is 34.6 Å². The van der Waals surface area contributed by atoms with Crippen molar-refractivity contribution in [3.63, 3.8) is 0 Å². The first kappa shape index (κ1) is 17.6. The Balaban J connectivity index is 1.65. The molecule has 5 heteroatoms. The van der Waals surface area contributed by atoms with E-state index in [1.165, 1.54) is 0 Å². The molecular weight excluding hydrogens is 342 g/mol. The summed E-state index contributed by atoms with van der Waals surface area (Å²) in [5, 5.41) is 5.96. The normalized spacial score (nSPS) is 10.2. The monoisotopic (exact) mass is 361 g/mol. The van der Waals surface area contributed by atoms with Gasteiger partial charge < -0.3 is 11.1 Å². The van der Waals surface area contributed by atoms with Crippen LogP contribution in [0.3, 0.4) is 0 Å². The molecule has 0 aromatic heterocycles. The molecule has 4 nitrogen and oxygen atoms in total. The van der Waals surface area contributed by atoms with Gasteiger partial charge in [0.25, 0.3) is 5.91 Å². The number of carbonyl (C=O) groups is 1. The molecule has 0 aliphatic carbocycles. The van der Waals surface area contributed by atoms with Crippen LogP contribution in [-0.2, 0) is 0 Å². The number of thiocarbonyl (C=S) groups is 1. The van der Waals surface area contributed by atoms with E-state index in [0.717, 1.165) is 22.4 Å². The largest absolute Gasteiger partial charge is 0.399 e. The molecule has 0 spiro atoms. The van der Waals surface area contributed by atoms with Gasteiger partial charge in [-0.05, 0) is 66.2 Å². The molecule has 0 fully saturated rings. The summed E-state index contributed by atoms with van der Waals surface area (Å²) in [6, 6.07) is 22.9. The van der Waals surface area contributed by atoms with Crippen molar-refractivity contribution in [1.29, 1.82) is 0 Å². The fourth-order valence-electron chi connectivity index (χ4n) is 2.60. The van der Waals surface area contributed by atoms with Crippen molar-refractivity contribution < 1.29 is 4.79 Å². The first-order chi connectivity index (χ1) is 12.5. The van der Waals surface area contributed by atoms with Crippen LogP contribution >= 0.6 is 12.2 Å². The summed E-state index contributed by atoms with van der Waals surface area (Å²) in [5.74, 6) is -0.254. The number of nitrogen functional groups attached to an aromatic ring is 1. The standard InChI is InChI=1S/C21H19N3OS/c1-14-13-18(22)11-12-19(14)23-21(26)24-20(25)17-9-7-16(8-10-17)15-5-3-2-4-6-15/h2-13H,22H2,1H3,(H2,23,24,25,26). The Kier molecular flexibility index (Phi) is 5.29. The van der Waals surface area contributed by atoms with Gasteiger partial charge in [0.15, 0.2) is 5.11 Å². The zero-order valence-corrected chi connectivity index (χ0v) is 15.1. The Hall–Kier alpha value is -3.18. The second-order valence-corrected chi connectivity index (χ2v) is 6.33. The van der Waals surface area contributed by atoms with Crippen LogP contribution < -0.4 is 16.4 Å². The van der Waals surface area contributed by atoms with Crippen molar-refractivity contribution in [2.45, 2.75) is 6.92 Å². The summed E-state index contributed by atoms with van der Waals surface area (Å²) >= 11 is 5.23. The number of rotatable bonds is 3. The molecule has 0 heterocycles. The summed E-state index contributed by atoms with van der Waals surface area (Å²) in [6.07, 6.45) is 0. The Morgan fingerprint density at radius 1 is 0.923 bits per heavy atom. The Morgan fingerprint density at radius 3 is 2.23 bits per heavy atom. The highest BCUT2D eigenvalue weighted by atomic mass is 32.1. The molecule has 0 bridgehead atoms. The summed E-state index contributed by atoms with van der Waals surface area (Å²) < 4.78 is 0. The van der Waals surface area contributed by atoms with Gasteiger partial charge in [-0.1, -0.05) is 42.5 Å². The van der Waals surface area contributed by atoms with Gasteiger partial charge in [0, 0.05) is 16.9 Å². The van der Waals surface area contributed by atoms with E-state index in [1.54, 1.807) is 18.2 Å². The van der Waals surface area contributed by atoms with Crippen LogP contribution in [0, 0.1) is 6.92 Å². The number of hydrogen-bond acceptors (Lipinski definition) is 3. The third kappa shape index (κ3) is 4.26. The Bertz CT molecular complexity index is 937. The van der Waals surface area contributed by atoms with Crippen molar-refractivity contribution in [3.8, 4) is 11.1 Å². The number of carbonyl (C=O) groups excluding carboxylic acids is 1. The maximum atomic E-state index is 12.4. The molecule has 4 N–H and O–H groups in total. The van der Waals surface area contributed by atoms with Crippen molar-refractivity contribution in [2.24, 2.45) is 0 Å². The van der Waals surface area contributed by atoms with Gasteiger partial charge in [-0.3, -0.25) is 10.1 Å². The Labute approximate surface area is 158 Å². The van der Waals surface area contributed by atoms with Gasteiger partial charge in [0.1, 0.15) is 0 Å². The molecule has 0 saturated carbocycles. The first-order valence-corrected chi connectivity index (χ1v) is 8.58. The molecule has 1 amide bonds. The van der Waals surface area contributed by atoms with Crippen LogP contribution in [0.2, 0.25) is 0 Å². The van der Waals surface area contributed by atoms with Crippen LogP contribution in [0.25, 0.3) is 11.1 Å². The van der Waals surface area contributed by atoms with E-state index in [9.17, 15) is 4.79 Å². The average molecular weight is 361 g/mol. The molecule has 0 aliphatic rings. The van der Waals surface area contributed by atoms with Gasteiger partial charge in [-0.15, -0.1) is 0 Å². The number of aryl methyl sites for hydroxylation is 1. The molecule has 3 aromatic rings. The molecule has 26 heavy (non-hydrogen) atoms. The summed E-state index contributed by atoms with van der Waals surface area (Å²) in [6.45, 7) is 1.92. The molecule has 130 valence electrons. The fraction of sp³-hybridized carbons (Fsp3) is 0.0476. The molecular formula is C21H19N3OS. The summed E-state index contributed by atoms with van der Waals surface area (Å²) in [7, 11) is 0. The lowest BCUT2D eigenvalue weighted by Gasteiger charge is -2.12. The second-order valence-electron chi connectivity index (χ2n) is 5.93. The zero-order valence-electron chi connectivity index (χ0n) is 14.3. The average Bonchev–Trinajstić information content (AvgIpc) is 2.65. The Morgan fingerprint density at radius 2 is 1.58 bits per heavy atom. The third-order valence-corrected chi connectivity index (χ3v) is 4.18. The lowest BCUT2D eigenvalue weighted by atomic mass is 10.0. The van der Waals surface area contributed by atoms with Gasteiger partial charge in [-0.2, -0.15) is 0 Å². The lowest BCUT2D eigenvalue weighted by molar-refractivity contribution is 0.0978. The van der Waals surface area contributed by atoms with Gasteiger partial charge in [0.05, 0.1) is 0 Å².